The average molecular weight is 410 g/mol. The Morgan fingerprint density at radius 1 is 0.933 bits per heavy atom. The molecule has 3 rings (SSSR count). The normalized spacial score (nSPS) is 14.7. The molecule has 1 heterocycles. The van der Waals surface area contributed by atoms with Crippen molar-refractivity contribution in [2.45, 2.75) is 19.4 Å². The van der Waals surface area contributed by atoms with E-state index in [4.69, 9.17) is 4.74 Å². The van der Waals surface area contributed by atoms with Crippen molar-refractivity contribution in [3.8, 4) is 0 Å². The highest BCUT2D eigenvalue weighted by Gasteiger charge is 2.30. The number of nitrogens with zero attached hydrogens (tertiary/aromatic N) is 2. The highest BCUT2D eigenvalue weighted by molar-refractivity contribution is 6.35. The Kier molecular flexibility index (Phi) is 8.41. The third-order valence-electron chi connectivity index (χ3n) is 5.35. The van der Waals surface area contributed by atoms with E-state index in [0.717, 1.165) is 13.1 Å². The van der Waals surface area contributed by atoms with E-state index in [1.54, 1.807) is 4.90 Å². The molecular weight excluding hydrogens is 378 g/mol. The molecule has 1 aliphatic rings. The van der Waals surface area contributed by atoms with Crippen LogP contribution in [-0.4, -0.2) is 67.6 Å². The summed E-state index contributed by atoms with van der Waals surface area (Å²) in [6.45, 7) is 6.16. The van der Waals surface area contributed by atoms with E-state index >= 15 is 0 Å². The van der Waals surface area contributed by atoms with Crippen LogP contribution in [0.1, 0.15) is 30.5 Å². The number of carbonyl (C=O) groups excluding carboxylic acids is 2. The SMILES string of the molecule is CCOCCCNC(=O)C(=O)N1CCN(C(c2ccccc2)c2ccccc2)CC1. The lowest BCUT2D eigenvalue weighted by Crippen LogP contribution is -2.53. The summed E-state index contributed by atoms with van der Waals surface area (Å²) in [5.74, 6) is -0.968. The van der Waals surface area contributed by atoms with E-state index < -0.39 is 11.8 Å². The second-order valence-electron chi connectivity index (χ2n) is 7.36. The number of piperazine rings is 1. The first kappa shape index (κ1) is 22.0. The molecule has 6 nitrogen and oxygen atoms in total. The van der Waals surface area contributed by atoms with E-state index in [1.807, 2.05) is 19.1 Å². The number of ether oxygens (including phenoxy) is 1. The highest BCUT2D eigenvalue weighted by atomic mass is 16.5. The zero-order valence-corrected chi connectivity index (χ0v) is 17.6. The standard InChI is InChI=1S/C24H31N3O3/c1-2-30-19-9-14-25-23(28)24(29)27-17-15-26(16-18-27)22(20-10-5-3-6-11-20)21-12-7-4-8-13-21/h3-8,10-13,22H,2,9,14-19H2,1H3,(H,25,28). The first-order valence-electron chi connectivity index (χ1n) is 10.7. The molecule has 0 aliphatic carbocycles. The number of hydrogen-bond donors (Lipinski definition) is 1. The van der Waals surface area contributed by atoms with Crippen LogP contribution in [0.4, 0.5) is 0 Å². The summed E-state index contributed by atoms with van der Waals surface area (Å²) >= 11 is 0. The second-order valence-corrected chi connectivity index (χ2v) is 7.36. The Morgan fingerprint density at radius 2 is 1.50 bits per heavy atom. The number of benzene rings is 2. The summed E-state index contributed by atoms with van der Waals surface area (Å²) in [5.41, 5.74) is 2.46. The predicted octanol–water partition coefficient (Wildman–Crippen LogP) is 2.46. The van der Waals surface area contributed by atoms with Gasteiger partial charge in [0.25, 0.3) is 0 Å². The summed E-state index contributed by atoms with van der Waals surface area (Å²) in [7, 11) is 0. The second kappa shape index (κ2) is 11.5. The molecule has 2 aromatic rings. The van der Waals surface area contributed by atoms with Crippen molar-refractivity contribution >= 4 is 11.8 Å². The maximum Gasteiger partial charge on any atom is 0.311 e. The Bertz CT molecular complexity index is 750. The smallest absolute Gasteiger partial charge is 0.311 e. The highest BCUT2D eigenvalue weighted by Crippen LogP contribution is 2.29. The molecule has 30 heavy (non-hydrogen) atoms. The van der Waals surface area contributed by atoms with Gasteiger partial charge in [0, 0.05) is 45.9 Å². The lowest BCUT2D eigenvalue weighted by Gasteiger charge is -2.39. The average Bonchev–Trinajstić information content (AvgIpc) is 2.80. The first-order chi connectivity index (χ1) is 14.7. The van der Waals surface area contributed by atoms with E-state index in [0.29, 0.717) is 39.3 Å². The Morgan fingerprint density at radius 3 is 2.03 bits per heavy atom. The van der Waals surface area contributed by atoms with Crippen molar-refractivity contribution in [1.29, 1.82) is 0 Å². The van der Waals surface area contributed by atoms with Gasteiger partial charge in [-0.1, -0.05) is 60.7 Å². The van der Waals surface area contributed by atoms with Crippen molar-refractivity contribution in [2.24, 2.45) is 0 Å². The van der Waals surface area contributed by atoms with Gasteiger partial charge in [0.05, 0.1) is 6.04 Å². The van der Waals surface area contributed by atoms with Crippen LogP contribution in [0, 0.1) is 0 Å². The van der Waals surface area contributed by atoms with Gasteiger partial charge in [-0.2, -0.15) is 0 Å². The monoisotopic (exact) mass is 409 g/mol. The van der Waals surface area contributed by atoms with E-state index in [2.05, 4.69) is 58.7 Å². The van der Waals surface area contributed by atoms with Gasteiger partial charge in [-0.25, -0.2) is 0 Å². The van der Waals surface area contributed by atoms with Gasteiger partial charge >= 0.3 is 11.8 Å². The zero-order chi connectivity index (χ0) is 21.2. The van der Waals surface area contributed by atoms with E-state index in [-0.39, 0.29) is 6.04 Å². The number of hydrogen-bond acceptors (Lipinski definition) is 4. The first-order valence-corrected chi connectivity index (χ1v) is 10.7. The van der Waals surface area contributed by atoms with Gasteiger partial charge in [0.2, 0.25) is 0 Å². The minimum Gasteiger partial charge on any atom is -0.382 e. The summed E-state index contributed by atoms with van der Waals surface area (Å²) in [5, 5.41) is 2.70. The minimum atomic E-state index is -0.525. The molecule has 1 saturated heterocycles. The molecule has 6 heteroatoms. The molecular formula is C24H31N3O3. The van der Waals surface area contributed by atoms with Crippen LogP contribution in [0.2, 0.25) is 0 Å². The third kappa shape index (κ3) is 5.90. The Hall–Kier alpha value is -2.70. The zero-order valence-electron chi connectivity index (χ0n) is 17.6. The maximum absolute atomic E-state index is 12.5. The maximum atomic E-state index is 12.5. The van der Waals surface area contributed by atoms with E-state index in [1.165, 1.54) is 11.1 Å². The summed E-state index contributed by atoms with van der Waals surface area (Å²) in [6.07, 6.45) is 0.705. The molecule has 0 aromatic heterocycles. The quantitative estimate of drug-likeness (QED) is 0.537. The van der Waals surface area contributed by atoms with Crippen LogP contribution in [0.3, 0.4) is 0 Å². The molecule has 2 aromatic carbocycles. The van der Waals surface area contributed by atoms with Crippen molar-refractivity contribution in [3.63, 3.8) is 0 Å². The van der Waals surface area contributed by atoms with Gasteiger partial charge in [-0.3, -0.25) is 14.5 Å². The molecule has 0 bridgehead atoms. The largest absolute Gasteiger partial charge is 0.382 e. The Balaban J connectivity index is 1.57. The van der Waals surface area contributed by atoms with Crippen LogP contribution >= 0.6 is 0 Å². The fourth-order valence-corrected chi connectivity index (χ4v) is 3.81. The molecule has 0 saturated carbocycles. The minimum absolute atomic E-state index is 0.136. The lowest BCUT2D eigenvalue weighted by molar-refractivity contribution is -0.147. The fraction of sp³-hybridized carbons (Fsp3) is 0.417. The fourth-order valence-electron chi connectivity index (χ4n) is 3.81. The molecule has 0 radical (unpaired) electrons. The number of amides is 2. The van der Waals surface area contributed by atoms with Crippen LogP contribution in [0.15, 0.2) is 60.7 Å². The summed E-state index contributed by atoms with van der Waals surface area (Å²) in [6, 6.07) is 21.0. The molecule has 1 N–H and O–H groups in total. The molecule has 1 fully saturated rings. The number of carbonyl (C=O) groups is 2. The topological polar surface area (TPSA) is 61.9 Å². The predicted molar refractivity (Wildman–Crippen MR) is 117 cm³/mol. The van der Waals surface area contributed by atoms with Gasteiger partial charge in [0.15, 0.2) is 0 Å². The van der Waals surface area contributed by atoms with Crippen LogP contribution in [0.5, 0.6) is 0 Å². The van der Waals surface area contributed by atoms with Crippen molar-refractivity contribution < 1.29 is 14.3 Å². The van der Waals surface area contributed by atoms with Gasteiger partial charge in [-0.15, -0.1) is 0 Å². The van der Waals surface area contributed by atoms with Crippen LogP contribution in [0.25, 0.3) is 0 Å². The lowest BCUT2D eigenvalue weighted by atomic mass is 9.96. The van der Waals surface area contributed by atoms with Crippen LogP contribution in [-0.2, 0) is 14.3 Å². The van der Waals surface area contributed by atoms with E-state index in [9.17, 15) is 9.59 Å². The molecule has 2 amide bonds. The van der Waals surface area contributed by atoms with Crippen molar-refractivity contribution in [2.75, 3.05) is 45.9 Å². The summed E-state index contributed by atoms with van der Waals surface area (Å²) in [4.78, 5) is 28.7. The molecule has 0 spiro atoms. The molecule has 1 aliphatic heterocycles. The van der Waals surface area contributed by atoms with Crippen LogP contribution < -0.4 is 5.32 Å². The van der Waals surface area contributed by atoms with Gasteiger partial charge in [-0.05, 0) is 24.5 Å². The molecule has 160 valence electrons. The van der Waals surface area contributed by atoms with Gasteiger partial charge in [0.1, 0.15) is 0 Å². The third-order valence-corrected chi connectivity index (χ3v) is 5.35. The Labute approximate surface area is 178 Å². The number of rotatable bonds is 8. The molecule has 0 unspecified atom stereocenters. The number of nitrogens with one attached hydrogen (secondary N) is 1. The van der Waals surface area contributed by atoms with Crippen molar-refractivity contribution in [3.05, 3.63) is 71.8 Å². The summed E-state index contributed by atoms with van der Waals surface area (Å²) < 4.78 is 5.25. The molecule has 0 atom stereocenters. The van der Waals surface area contributed by atoms with Gasteiger partial charge < -0.3 is 15.0 Å². The van der Waals surface area contributed by atoms with Crippen molar-refractivity contribution in [1.82, 2.24) is 15.1 Å².